The van der Waals surface area contributed by atoms with Crippen LogP contribution in [0.3, 0.4) is 0 Å². The van der Waals surface area contributed by atoms with Crippen LogP contribution < -0.4 is 10.1 Å². The average molecular weight is 383 g/mol. The highest BCUT2D eigenvalue weighted by Crippen LogP contribution is 2.32. The quantitative estimate of drug-likeness (QED) is 0.872. The highest BCUT2D eigenvalue weighted by molar-refractivity contribution is 5.88. The van der Waals surface area contributed by atoms with Crippen LogP contribution in [0, 0.1) is 11.8 Å². The van der Waals surface area contributed by atoms with Gasteiger partial charge in [0.15, 0.2) is 5.82 Å². The molecule has 28 heavy (non-hydrogen) atoms. The van der Waals surface area contributed by atoms with Gasteiger partial charge in [0.05, 0.1) is 7.11 Å². The van der Waals surface area contributed by atoms with Gasteiger partial charge in [-0.1, -0.05) is 12.1 Å². The SMILES string of the molecule is COc1cccc(CN2CC3CN(C(=O)n4ccc(NC(C)=O)n4)CC3C2)c1. The summed E-state index contributed by atoms with van der Waals surface area (Å²) < 4.78 is 6.61. The fraction of sp³-hybridized carbons (Fsp3) is 0.450. The zero-order valence-corrected chi connectivity index (χ0v) is 16.2. The van der Waals surface area contributed by atoms with Gasteiger partial charge in [-0.2, -0.15) is 4.68 Å². The molecule has 0 aliphatic carbocycles. The first kappa shape index (κ1) is 18.5. The molecular weight excluding hydrogens is 358 g/mol. The number of amides is 2. The van der Waals surface area contributed by atoms with Crippen molar-refractivity contribution in [1.82, 2.24) is 19.6 Å². The van der Waals surface area contributed by atoms with Gasteiger partial charge >= 0.3 is 6.03 Å². The number of fused-ring (bicyclic) bond motifs is 1. The van der Waals surface area contributed by atoms with Crippen molar-refractivity contribution in [3.63, 3.8) is 0 Å². The molecule has 2 fully saturated rings. The standard InChI is InChI=1S/C20H25N5O3/c1-14(26)21-19-6-7-25(22-19)20(27)24-12-16-10-23(11-17(16)13-24)9-15-4-3-5-18(8-15)28-2/h3-8,16-17H,9-13H2,1-2H3,(H,21,22,26). The van der Waals surface area contributed by atoms with Crippen LogP contribution in [-0.2, 0) is 11.3 Å². The topological polar surface area (TPSA) is 79.7 Å². The monoisotopic (exact) mass is 383 g/mol. The number of hydrogen-bond donors (Lipinski definition) is 1. The van der Waals surface area contributed by atoms with Crippen LogP contribution in [0.1, 0.15) is 12.5 Å². The molecule has 0 bridgehead atoms. The summed E-state index contributed by atoms with van der Waals surface area (Å²) in [5, 5.41) is 6.74. The van der Waals surface area contributed by atoms with Crippen LogP contribution in [0.25, 0.3) is 0 Å². The number of aromatic nitrogens is 2. The first-order chi connectivity index (χ1) is 13.5. The number of benzene rings is 1. The highest BCUT2D eigenvalue weighted by Gasteiger charge is 2.41. The molecule has 1 aromatic carbocycles. The number of nitrogens with one attached hydrogen (secondary N) is 1. The van der Waals surface area contributed by atoms with E-state index in [2.05, 4.69) is 27.4 Å². The number of rotatable bonds is 4. The summed E-state index contributed by atoms with van der Waals surface area (Å²) in [5.41, 5.74) is 1.24. The molecule has 2 aliphatic rings. The van der Waals surface area contributed by atoms with Gasteiger partial charge in [-0.25, -0.2) is 4.79 Å². The van der Waals surface area contributed by atoms with Crippen LogP contribution in [0.2, 0.25) is 0 Å². The number of ether oxygens (including phenoxy) is 1. The Kier molecular flexibility index (Phi) is 5.04. The smallest absolute Gasteiger partial charge is 0.344 e. The van der Waals surface area contributed by atoms with Crippen molar-refractivity contribution in [2.45, 2.75) is 13.5 Å². The number of nitrogens with zero attached hydrogens (tertiary/aromatic N) is 4. The van der Waals surface area contributed by atoms with Crippen LogP contribution >= 0.6 is 0 Å². The maximum absolute atomic E-state index is 12.7. The molecule has 2 aromatic rings. The van der Waals surface area contributed by atoms with Gasteiger partial charge in [-0.3, -0.25) is 9.69 Å². The van der Waals surface area contributed by atoms with Gasteiger partial charge in [0.1, 0.15) is 5.75 Å². The lowest BCUT2D eigenvalue weighted by Gasteiger charge is -2.21. The molecule has 0 saturated carbocycles. The Bertz CT molecular complexity index is 866. The van der Waals surface area contributed by atoms with Crippen molar-refractivity contribution in [2.75, 3.05) is 38.6 Å². The second kappa shape index (κ2) is 7.63. The molecule has 8 nitrogen and oxygen atoms in total. The Morgan fingerprint density at radius 1 is 1.18 bits per heavy atom. The summed E-state index contributed by atoms with van der Waals surface area (Å²) in [6.07, 6.45) is 1.59. The molecule has 1 aromatic heterocycles. The number of carbonyl (C=O) groups excluding carboxylic acids is 2. The third-order valence-electron chi connectivity index (χ3n) is 5.46. The molecule has 0 radical (unpaired) electrons. The Morgan fingerprint density at radius 3 is 2.61 bits per heavy atom. The zero-order valence-electron chi connectivity index (χ0n) is 16.2. The van der Waals surface area contributed by atoms with E-state index in [4.69, 9.17) is 4.74 Å². The van der Waals surface area contributed by atoms with Crippen molar-refractivity contribution in [3.8, 4) is 5.75 Å². The Labute approximate surface area is 164 Å². The summed E-state index contributed by atoms with van der Waals surface area (Å²) in [7, 11) is 1.68. The molecular formula is C20H25N5O3. The molecule has 2 amide bonds. The largest absolute Gasteiger partial charge is 0.497 e. The number of anilines is 1. The normalized spacial score (nSPS) is 21.6. The molecule has 3 heterocycles. The minimum atomic E-state index is -0.204. The van der Waals surface area contributed by atoms with Crippen LogP contribution in [0.5, 0.6) is 5.75 Å². The number of likely N-dealkylation sites (tertiary alicyclic amines) is 2. The molecule has 2 atom stereocenters. The van der Waals surface area contributed by atoms with E-state index in [1.165, 1.54) is 17.2 Å². The van der Waals surface area contributed by atoms with E-state index in [9.17, 15) is 9.59 Å². The van der Waals surface area contributed by atoms with Crippen molar-refractivity contribution in [3.05, 3.63) is 42.1 Å². The first-order valence-electron chi connectivity index (χ1n) is 9.49. The van der Waals surface area contributed by atoms with Gasteiger partial charge in [0.2, 0.25) is 5.91 Å². The van der Waals surface area contributed by atoms with Gasteiger partial charge < -0.3 is 15.0 Å². The lowest BCUT2D eigenvalue weighted by atomic mass is 10.0. The Morgan fingerprint density at radius 2 is 1.93 bits per heavy atom. The molecule has 148 valence electrons. The van der Waals surface area contributed by atoms with E-state index in [0.717, 1.165) is 38.5 Å². The van der Waals surface area contributed by atoms with E-state index < -0.39 is 0 Å². The van der Waals surface area contributed by atoms with E-state index in [-0.39, 0.29) is 11.9 Å². The highest BCUT2D eigenvalue weighted by atomic mass is 16.5. The lowest BCUT2D eigenvalue weighted by Crippen LogP contribution is -2.36. The number of methoxy groups -OCH3 is 1. The molecule has 2 aliphatic heterocycles. The fourth-order valence-electron chi connectivity index (χ4n) is 4.23. The molecule has 2 unspecified atom stereocenters. The van der Waals surface area contributed by atoms with Crippen molar-refractivity contribution < 1.29 is 14.3 Å². The maximum atomic E-state index is 12.7. The summed E-state index contributed by atoms with van der Waals surface area (Å²) in [4.78, 5) is 28.1. The second-order valence-electron chi connectivity index (χ2n) is 7.58. The Balaban J connectivity index is 1.33. The number of carbonyl (C=O) groups is 2. The third-order valence-corrected chi connectivity index (χ3v) is 5.46. The first-order valence-corrected chi connectivity index (χ1v) is 9.49. The van der Waals surface area contributed by atoms with Crippen molar-refractivity contribution >= 4 is 17.8 Å². The minimum absolute atomic E-state index is 0.134. The van der Waals surface area contributed by atoms with Gasteiger partial charge in [-0.15, -0.1) is 5.10 Å². The zero-order chi connectivity index (χ0) is 19.7. The molecule has 4 rings (SSSR count). The van der Waals surface area contributed by atoms with Gasteiger partial charge in [-0.05, 0) is 29.5 Å². The van der Waals surface area contributed by atoms with Crippen LogP contribution in [0.4, 0.5) is 10.6 Å². The summed E-state index contributed by atoms with van der Waals surface area (Å²) in [6, 6.07) is 9.67. The molecule has 2 saturated heterocycles. The maximum Gasteiger partial charge on any atom is 0.344 e. The third kappa shape index (κ3) is 3.87. The predicted molar refractivity (Wildman–Crippen MR) is 104 cm³/mol. The molecule has 0 spiro atoms. The van der Waals surface area contributed by atoms with E-state index >= 15 is 0 Å². The minimum Gasteiger partial charge on any atom is -0.497 e. The van der Waals surface area contributed by atoms with E-state index in [1.54, 1.807) is 19.4 Å². The van der Waals surface area contributed by atoms with Crippen molar-refractivity contribution in [2.24, 2.45) is 11.8 Å². The fourth-order valence-corrected chi connectivity index (χ4v) is 4.23. The average Bonchev–Trinajstić information content (AvgIpc) is 3.36. The molecule has 1 N–H and O–H groups in total. The second-order valence-corrected chi connectivity index (χ2v) is 7.58. The van der Waals surface area contributed by atoms with Crippen LogP contribution in [-0.4, -0.2) is 64.8 Å². The Hall–Kier alpha value is -2.87. The van der Waals surface area contributed by atoms with E-state index in [0.29, 0.717) is 17.7 Å². The van der Waals surface area contributed by atoms with E-state index in [1.807, 2.05) is 17.0 Å². The van der Waals surface area contributed by atoms with Gasteiger partial charge in [0, 0.05) is 51.9 Å². The number of hydrogen-bond acceptors (Lipinski definition) is 5. The summed E-state index contributed by atoms with van der Waals surface area (Å²) >= 11 is 0. The predicted octanol–water partition coefficient (Wildman–Crippen LogP) is 1.88. The van der Waals surface area contributed by atoms with Crippen LogP contribution in [0.15, 0.2) is 36.5 Å². The van der Waals surface area contributed by atoms with Crippen molar-refractivity contribution in [1.29, 1.82) is 0 Å². The van der Waals surface area contributed by atoms with Gasteiger partial charge in [0.25, 0.3) is 0 Å². The summed E-state index contributed by atoms with van der Waals surface area (Å²) in [6.45, 7) is 5.78. The summed E-state index contributed by atoms with van der Waals surface area (Å²) in [5.74, 6) is 2.04. The molecule has 8 heteroatoms. The lowest BCUT2D eigenvalue weighted by molar-refractivity contribution is -0.114.